The summed E-state index contributed by atoms with van der Waals surface area (Å²) in [4.78, 5) is 42.3. The molecule has 23 heavy (non-hydrogen) atoms. The van der Waals surface area contributed by atoms with Crippen LogP contribution in [0.25, 0.3) is 6.08 Å². The molecule has 1 aromatic heterocycles. The van der Waals surface area contributed by atoms with Crippen molar-refractivity contribution < 1.29 is 19.5 Å². The fourth-order valence-corrected chi connectivity index (χ4v) is 3.21. The monoisotopic (exact) mass is 314 g/mol. The van der Waals surface area contributed by atoms with Gasteiger partial charge in [0.15, 0.2) is 0 Å². The van der Waals surface area contributed by atoms with Gasteiger partial charge < -0.3 is 14.6 Å². The summed E-state index contributed by atoms with van der Waals surface area (Å²) in [6.45, 7) is 0.687. The van der Waals surface area contributed by atoms with Crippen LogP contribution in [0, 0.1) is 0 Å². The zero-order valence-corrected chi connectivity index (χ0v) is 12.4. The number of rotatable bonds is 2. The molecule has 0 bridgehead atoms. The maximum Gasteiger partial charge on any atom is 0.352 e. The molecule has 1 N–H and O–H groups in total. The van der Waals surface area contributed by atoms with Crippen molar-refractivity contribution in [2.75, 3.05) is 7.05 Å². The Morgan fingerprint density at radius 2 is 2.17 bits per heavy atom. The summed E-state index contributed by atoms with van der Waals surface area (Å²) in [6.07, 6.45) is 5.52. The number of carboxylic acid groups (broad SMARTS) is 1. The van der Waals surface area contributed by atoms with Gasteiger partial charge >= 0.3 is 5.97 Å². The molecule has 0 radical (unpaired) electrons. The van der Waals surface area contributed by atoms with Crippen LogP contribution in [0.1, 0.15) is 17.9 Å². The van der Waals surface area contributed by atoms with Crippen molar-refractivity contribution in [1.82, 2.24) is 19.4 Å². The second-order valence-electron chi connectivity index (χ2n) is 5.88. The quantitative estimate of drug-likeness (QED) is 0.603. The highest BCUT2D eigenvalue weighted by molar-refractivity contribution is 6.10. The number of nitrogens with zero attached hydrogens (tertiary/aromatic N) is 4. The maximum atomic E-state index is 12.2. The van der Waals surface area contributed by atoms with Crippen LogP contribution in [-0.4, -0.2) is 55.3 Å². The minimum absolute atomic E-state index is 0.0195. The third-order valence-electron chi connectivity index (χ3n) is 4.44. The number of carboxylic acids is 1. The smallest absolute Gasteiger partial charge is 0.352 e. The number of β-lactam (4-membered cyclic amide) rings is 1. The largest absolute Gasteiger partial charge is 0.477 e. The molecule has 118 valence electrons. The van der Waals surface area contributed by atoms with Gasteiger partial charge in [-0.1, -0.05) is 6.08 Å². The molecule has 1 saturated heterocycles. The molecule has 1 aromatic rings. The third kappa shape index (κ3) is 1.91. The van der Waals surface area contributed by atoms with E-state index in [1.54, 1.807) is 34.9 Å². The molecule has 3 aliphatic rings. The predicted octanol–water partition coefficient (Wildman–Crippen LogP) is -0.179. The lowest BCUT2D eigenvalue weighted by atomic mass is 9.94. The summed E-state index contributed by atoms with van der Waals surface area (Å²) in [5.74, 6) is -0.580. The Hall–Kier alpha value is -2.90. The first kappa shape index (κ1) is 13.7. The van der Waals surface area contributed by atoms with Crippen molar-refractivity contribution in [2.45, 2.75) is 25.6 Å². The zero-order valence-electron chi connectivity index (χ0n) is 12.4. The second kappa shape index (κ2) is 4.55. The summed E-state index contributed by atoms with van der Waals surface area (Å²) < 4.78 is 1.78. The van der Waals surface area contributed by atoms with Crippen LogP contribution < -0.4 is 0 Å². The van der Waals surface area contributed by atoms with Crippen molar-refractivity contribution in [1.29, 1.82) is 0 Å². The van der Waals surface area contributed by atoms with E-state index in [1.807, 2.05) is 0 Å². The fourth-order valence-electron chi connectivity index (χ4n) is 3.21. The molecular formula is C15H14N4O4. The summed E-state index contributed by atoms with van der Waals surface area (Å²) in [5, 5.41) is 9.06. The van der Waals surface area contributed by atoms with Crippen LogP contribution in [0.2, 0.25) is 0 Å². The van der Waals surface area contributed by atoms with Crippen molar-refractivity contribution in [3.05, 3.63) is 35.1 Å². The number of carbonyl (C=O) groups is 3. The van der Waals surface area contributed by atoms with Gasteiger partial charge in [-0.3, -0.25) is 14.5 Å². The lowest BCUT2D eigenvalue weighted by molar-refractivity contribution is -0.142. The van der Waals surface area contributed by atoms with Gasteiger partial charge in [0, 0.05) is 18.8 Å². The molecule has 2 amide bonds. The number of carbonyl (C=O) groups excluding carboxylic acids is 2. The standard InChI is InChI=1S/C15H14N4O4/c1-17-6-12-16-8(5-18(12)7-13(17)20)4-9-10-2-3-11(15(22)23)19(10)14(9)21/h3-5,10H,2,6-7H2,1H3,(H,22,23)/t10-/m1/s1. The van der Waals surface area contributed by atoms with E-state index in [9.17, 15) is 14.4 Å². The molecule has 1 atom stereocenters. The molecule has 3 aliphatic heterocycles. The zero-order chi connectivity index (χ0) is 16.3. The first-order chi connectivity index (χ1) is 11.0. The molecule has 0 unspecified atom stereocenters. The average molecular weight is 314 g/mol. The van der Waals surface area contributed by atoms with Crippen LogP contribution in [0.5, 0.6) is 0 Å². The molecule has 1 fully saturated rings. The van der Waals surface area contributed by atoms with Gasteiger partial charge in [-0.25, -0.2) is 9.78 Å². The van der Waals surface area contributed by atoms with Gasteiger partial charge in [0.05, 0.1) is 18.3 Å². The average Bonchev–Trinajstić information content (AvgIpc) is 3.06. The summed E-state index contributed by atoms with van der Waals surface area (Å²) >= 11 is 0. The minimum atomic E-state index is -1.08. The van der Waals surface area contributed by atoms with E-state index in [4.69, 9.17) is 5.11 Å². The minimum Gasteiger partial charge on any atom is -0.477 e. The number of likely N-dealkylation sites (N-methyl/N-ethyl adjacent to an activating group) is 1. The topological polar surface area (TPSA) is 95.7 Å². The number of aliphatic carboxylic acids is 1. The van der Waals surface area contributed by atoms with E-state index < -0.39 is 5.97 Å². The van der Waals surface area contributed by atoms with Crippen LogP contribution >= 0.6 is 0 Å². The van der Waals surface area contributed by atoms with Crippen molar-refractivity contribution in [3.8, 4) is 0 Å². The van der Waals surface area contributed by atoms with Crippen LogP contribution in [-0.2, 0) is 27.5 Å². The van der Waals surface area contributed by atoms with Gasteiger partial charge in [-0.05, 0) is 12.5 Å². The summed E-state index contributed by atoms with van der Waals surface area (Å²) in [6, 6.07) is -0.211. The van der Waals surface area contributed by atoms with E-state index in [2.05, 4.69) is 4.98 Å². The number of fused-ring (bicyclic) bond motifs is 2. The van der Waals surface area contributed by atoms with Gasteiger partial charge in [0.2, 0.25) is 5.91 Å². The lowest BCUT2D eigenvalue weighted by Gasteiger charge is -2.38. The third-order valence-corrected chi connectivity index (χ3v) is 4.44. The number of aromatic nitrogens is 2. The molecule has 0 spiro atoms. The van der Waals surface area contributed by atoms with E-state index in [-0.39, 0.29) is 30.1 Å². The second-order valence-corrected chi connectivity index (χ2v) is 5.88. The molecule has 4 heterocycles. The summed E-state index contributed by atoms with van der Waals surface area (Å²) in [7, 11) is 1.73. The van der Waals surface area contributed by atoms with Crippen LogP contribution in [0.3, 0.4) is 0 Å². The first-order valence-corrected chi connectivity index (χ1v) is 7.24. The van der Waals surface area contributed by atoms with Crippen molar-refractivity contribution in [3.63, 3.8) is 0 Å². The Bertz CT molecular complexity index is 819. The molecule has 8 nitrogen and oxygen atoms in total. The summed E-state index contributed by atoms with van der Waals surface area (Å²) in [5.41, 5.74) is 1.23. The fraction of sp³-hybridized carbons (Fsp3) is 0.333. The Labute approximate surface area is 131 Å². The Morgan fingerprint density at radius 3 is 2.91 bits per heavy atom. The van der Waals surface area contributed by atoms with Gasteiger partial charge in [-0.2, -0.15) is 0 Å². The number of hydrogen-bond acceptors (Lipinski definition) is 4. The molecule has 8 heteroatoms. The highest BCUT2D eigenvalue weighted by Crippen LogP contribution is 2.38. The van der Waals surface area contributed by atoms with Gasteiger partial charge in [0.25, 0.3) is 5.91 Å². The van der Waals surface area contributed by atoms with Gasteiger partial charge in [0.1, 0.15) is 18.1 Å². The van der Waals surface area contributed by atoms with E-state index in [0.29, 0.717) is 24.2 Å². The van der Waals surface area contributed by atoms with Gasteiger partial charge in [-0.15, -0.1) is 0 Å². The molecule has 0 aromatic carbocycles. The molecule has 4 rings (SSSR count). The van der Waals surface area contributed by atoms with E-state index >= 15 is 0 Å². The number of amides is 2. The van der Waals surface area contributed by atoms with Crippen LogP contribution in [0.15, 0.2) is 23.5 Å². The first-order valence-electron chi connectivity index (χ1n) is 7.24. The number of hydrogen-bond donors (Lipinski definition) is 1. The van der Waals surface area contributed by atoms with E-state index in [1.165, 1.54) is 4.90 Å². The van der Waals surface area contributed by atoms with Crippen molar-refractivity contribution >= 4 is 23.9 Å². The van der Waals surface area contributed by atoms with E-state index in [0.717, 1.165) is 5.82 Å². The Balaban J connectivity index is 1.59. The van der Waals surface area contributed by atoms with Crippen molar-refractivity contribution in [2.24, 2.45) is 0 Å². The molecular weight excluding hydrogens is 300 g/mol. The highest BCUT2D eigenvalue weighted by atomic mass is 16.4. The Kier molecular flexibility index (Phi) is 2.72. The van der Waals surface area contributed by atoms with Crippen LogP contribution in [0.4, 0.5) is 0 Å². The highest BCUT2D eigenvalue weighted by Gasteiger charge is 2.48. The number of imidazole rings is 1. The maximum absolute atomic E-state index is 12.2. The predicted molar refractivity (Wildman–Crippen MR) is 77.6 cm³/mol. The SMILES string of the molecule is CN1Cc2nc(C=C3C(=O)N4C(C(=O)O)=CC[C@H]34)cn2CC1=O. The lowest BCUT2D eigenvalue weighted by Crippen LogP contribution is -2.52. The normalized spacial score (nSPS) is 24.5. The molecule has 0 aliphatic carbocycles. The Morgan fingerprint density at radius 1 is 1.39 bits per heavy atom. The molecule has 0 saturated carbocycles.